The van der Waals surface area contributed by atoms with E-state index >= 15 is 0 Å². The van der Waals surface area contributed by atoms with Crippen molar-refractivity contribution in [2.75, 3.05) is 0 Å². The van der Waals surface area contributed by atoms with Gasteiger partial charge in [0.15, 0.2) is 0 Å². The Balaban J connectivity index is 0.000000180. The van der Waals surface area contributed by atoms with Gasteiger partial charge in [-0.1, -0.05) is 15.9 Å². The first-order valence-corrected chi connectivity index (χ1v) is 6.00. The van der Waals surface area contributed by atoms with E-state index in [4.69, 9.17) is 24.5 Å². The Hall–Kier alpha value is -2.02. The predicted octanol–water partition coefficient (Wildman–Crippen LogP) is 2.69. The number of nitriles is 2. The molecule has 1 N–H and O–H groups in total. The molecule has 6 heteroatoms. The minimum absolute atomic E-state index is 0.151. The second kappa shape index (κ2) is 7.33. The lowest BCUT2D eigenvalue weighted by atomic mass is 10.4. The first kappa shape index (κ1) is 14.0. The molecular weight excluding hydrogens is 300 g/mol. The summed E-state index contributed by atoms with van der Waals surface area (Å²) in [5.74, 6) is 1.81. The lowest BCUT2D eigenvalue weighted by Gasteiger charge is -1.81. The van der Waals surface area contributed by atoms with Gasteiger partial charge in [-0.05, 0) is 24.3 Å². The van der Waals surface area contributed by atoms with Gasteiger partial charge in [0.1, 0.15) is 30.3 Å². The van der Waals surface area contributed by atoms with Crippen LogP contribution in [0.25, 0.3) is 0 Å². The predicted molar refractivity (Wildman–Crippen MR) is 65.4 cm³/mol. The van der Waals surface area contributed by atoms with Crippen LogP contribution in [0.15, 0.2) is 33.1 Å². The lowest BCUT2D eigenvalue weighted by Crippen LogP contribution is -1.73. The molecule has 0 radical (unpaired) electrons. The van der Waals surface area contributed by atoms with Crippen molar-refractivity contribution in [3.05, 3.63) is 47.3 Å². The number of hydrogen-bond acceptors (Lipinski definition) is 5. The van der Waals surface area contributed by atoms with Crippen LogP contribution >= 0.6 is 15.9 Å². The van der Waals surface area contributed by atoms with Crippen LogP contribution in [0.1, 0.15) is 23.0 Å². The maximum Gasteiger partial charge on any atom is 0.203 e. The van der Waals surface area contributed by atoms with E-state index in [0.717, 1.165) is 5.76 Å². The van der Waals surface area contributed by atoms with Crippen LogP contribution < -0.4 is 0 Å². The fourth-order valence-corrected chi connectivity index (χ4v) is 1.33. The van der Waals surface area contributed by atoms with Gasteiger partial charge < -0.3 is 13.9 Å². The fraction of sp³-hybridized carbons (Fsp3) is 0.167. The Morgan fingerprint density at radius 1 is 1.00 bits per heavy atom. The summed E-state index contributed by atoms with van der Waals surface area (Å²) >= 11 is 3.20. The number of nitrogens with zero attached hydrogens (tertiary/aromatic N) is 2. The number of rotatable bonds is 2. The van der Waals surface area contributed by atoms with Crippen LogP contribution in [0.5, 0.6) is 0 Å². The van der Waals surface area contributed by atoms with Gasteiger partial charge in [-0.2, -0.15) is 10.5 Å². The zero-order valence-corrected chi connectivity index (χ0v) is 10.8. The summed E-state index contributed by atoms with van der Waals surface area (Å²) in [6, 6.07) is 10.2. The summed E-state index contributed by atoms with van der Waals surface area (Å²) in [6.07, 6.45) is 0. The number of halogens is 1. The third-order valence-electron chi connectivity index (χ3n) is 1.83. The van der Waals surface area contributed by atoms with Crippen molar-refractivity contribution >= 4 is 15.9 Å². The van der Waals surface area contributed by atoms with E-state index in [0.29, 0.717) is 16.9 Å². The smallest absolute Gasteiger partial charge is 0.203 e. The van der Waals surface area contributed by atoms with Crippen LogP contribution in [-0.2, 0) is 11.9 Å². The molecule has 0 saturated heterocycles. The highest BCUT2D eigenvalue weighted by Gasteiger charge is 1.97. The molecule has 18 heavy (non-hydrogen) atoms. The van der Waals surface area contributed by atoms with E-state index in [-0.39, 0.29) is 12.4 Å². The van der Waals surface area contributed by atoms with Crippen LogP contribution in [-0.4, -0.2) is 5.11 Å². The van der Waals surface area contributed by atoms with E-state index < -0.39 is 0 Å². The molecule has 2 aromatic heterocycles. The van der Waals surface area contributed by atoms with Crippen LogP contribution in [0.4, 0.5) is 0 Å². The highest BCUT2D eigenvalue weighted by Crippen LogP contribution is 2.09. The zero-order chi connectivity index (χ0) is 13.4. The second-order valence-corrected chi connectivity index (χ2v) is 3.61. The van der Waals surface area contributed by atoms with E-state index in [2.05, 4.69) is 15.9 Å². The number of hydrogen-bond donors (Lipinski definition) is 1. The molecule has 0 aliphatic carbocycles. The van der Waals surface area contributed by atoms with E-state index in [1.165, 1.54) is 6.07 Å². The van der Waals surface area contributed by atoms with Gasteiger partial charge in [-0.3, -0.25) is 0 Å². The number of aliphatic hydroxyl groups excluding tert-OH is 1. The molecule has 0 atom stereocenters. The van der Waals surface area contributed by atoms with Gasteiger partial charge in [0.25, 0.3) is 0 Å². The third-order valence-corrected chi connectivity index (χ3v) is 2.38. The summed E-state index contributed by atoms with van der Waals surface area (Å²) in [4.78, 5) is 0. The molecule has 0 aromatic carbocycles. The summed E-state index contributed by atoms with van der Waals surface area (Å²) < 4.78 is 9.74. The Morgan fingerprint density at radius 2 is 1.50 bits per heavy atom. The number of furan rings is 2. The molecule has 0 saturated carbocycles. The maximum atomic E-state index is 8.44. The molecule has 0 aliphatic heterocycles. The minimum Gasteiger partial charge on any atom is -0.450 e. The molecule has 0 amide bonds. The molecule has 0 unspecified atom stereocenters. The largest absolute Gasteiger partial charge is 0.450 e. The summed E-state index contributed by atoms with van der Waals surface area (Å²) in [7, 11) is 0. The first-order valence-electron chi connectivity index (χ1n) is 4.88. The Bertz CT molecular complexity index is 522. The third kappa shape index (κ3) is 4.10. The summed E-state index contributed by atoms with van der Waals surface area (Å²) in [6.45, 7) is -0.151. The van der Waals surface area contributed by atoms with Crippen molar-refractivity contribution in [1.29, 1.82) is 10.5 Å². The second-order valence-electron chi connectivity index (χ2n) is 3.05. The van der Waals surface area contributed by atoms with Crippen LogP contribution in [0.2, 0.25) is 0 Å². The number of aliphatic hydroxyl groups is 1. The van der Waals surface area contributed by atoms with E-state index in [1.54, 1.807) is 24.3 Å². The number of alkyl halides is 1. The molecule has 0 aliphatic rings. The van der Waals surface area contributed by atoms with E-state index in [9.17, 15) is 0 Å². The lowest BCUT2D eigenvalue weighted by molar-refractivity contribution is 0.246. The maximum absolute atomic E-state index is 8.44. The standard InChI is InChI=1S/C6H4BrNO.C6H5NO2/c2*7-3-5-1-2-6(4-8)9-5/h1-2H,3H2;1-2,8H,4H2. The van der Waals surface area contributed by atoms with Crippen molar-refractivity contribution in [3.8, 4) is 12.1 Å². The average Bonchev–Trinajstić information content (AvgIpc) is 3.07. The molecule has 92 valence electrons. The SMILES string of the molecule is N#Cc1ccc(CBr)o1.N#Cc1ccc(CO)o1. The minimum atomic E-state index is -0.151. The van der Waals surface area contributed by atoms with E-state index in [1.807, 2.05) is 6.07 Å². The molecule has 0 spiro atoms. The van der Waals surface area contributed by atoms with Gasteiger partial charge >= 0.3 is 0 Å². The molecule has 0 fully saturated rings. The van der Waals surface area contributed by atoms with Crippen LogP contribution in [0.3, 0.4) is 0 Å². The highest BCUT2D eigenvalue weighted by atomic mass is 79.9. The van der Waals surface area contributed by atoms with Crippen molar-refractivity contribution in [3.63, 3.8) is 0 Å². The van der Waals surface area contributed by atoms with Crippen molar-refractivity contribution in [1.82, 2.24) is 0 Å². The van der Waals surface area contributed by atoms with Gasteiger partial charge in [0.2, 0.25) is 11.5 Å². The molecule has 5 nitrogen and oxygen atoms in total. The zero-order valence-electron chi connectivity index (χ0n) is 9.26. The normalized spacial score (nSPS) is 8.89. The Labute approximate surface area is 112 Å². The summed E-state index contributed by atoms with van der Waals surface area (Å²) in [5, 5.41) is 25.6. The van der Waals surface area contributed by atoms with Gasteiger partial charge in [0, 0.05) is 0 Å². The van der Waals surface area contributed by atoms with Crippen molar-refractivity contribution in [2.45, 2.75) is 11.9 Å². The van der Waals surface area contributed by atoms with Crippen LogP contribution in [0, 0.1) is 22.7 Å². The Kier molecular flexibility index (Phi) is 5.72. The topological polar surface area (TPSA) is 94.1 Å². The van der Waals surface area contributed by atoms with Gasteiger partial charge in [-0.25, -0.2) is 0 Å². The van der Waals surface area contributed by atoms with Gasteiger partial charge in [0.05, 0.1) is 5.33 Å². The average molecular weight is 309 g/mol. The van der Waals surface area contributed by atoms with Crippen molar-refractivity contribution < 1.29 is 13.9 Å². The Morgan fingerprint density at radius 3 is 1.78 bits per heavy atom. The molecular formula is C12H9BrN2O3. The van der Waals surface area contributed by atoms with Crippen molar-refractivity contribution in [2.24, 2.45) is 0 Å². The summed E-state index contributed by atoms with van der Waals surface area (Å²) in [5.41, 5.74) is 0. The molecule has 2 aromatic rings. The molecule has 0 bridgehead atoms. The quantitative estimate of drug-likeness (QED) is 0.861. The first-order chi connectivity index (χ1) is 8.73. The fourth-order valence-electron chi connectivity index (χ4n) is 1.03. The highest BCUT2D eigenvalue weighted by molar-refractivity contribution is 9.08. The monoisotopic (exact) mass is 308 g/mol. The van der Waals surface area contributed by atoms with Gasteiger partial charge in [-0.15, -0.1) is 0 Å². The molecule has 2 rings (SSSR count). The molecule has 2 heterocycles.